The van der Waals surface area contributed by atoms with E-state index < -0.39 is 28.0 Å². The Labute approximate surface area is 123 Å². The van der Waals surface area contributed by atoms with Crippen LogP contribution < -0.4 is 10.0 Å². The van der Waals surface area contributed by atoms with E-state index in [0.29, 0.717) is 26.0 Å². The quantitative estimate of drug-likeness (QED) is 0.461. The highest BCUT2D eigenvalue weighted by atomic mass is 32.2. The first-order chi connectivity index (χ1) is 9.86. The van der Waals surface area contributed by atoms with Gasteiger partial charge in [-0.25, -0.2) is 0 Å². The predicted molar refractivity (Wildman–Crippen MR) is 73.7 cm³/mol. The molecule has 1 aliphatic heterocycles. The summed E-state index contributed by atoms with van der Waals surface area (Å²) in [5, 5.41) is 11.4. The third-order valence-electron chi connectivity index (χ3n) is 3.12. The summed E-state index contributed by atoms with van der Waals surface area (Å²) in [6.45, 7) is 0.424. The minimum absolute atomic E-state index is 0.0735. The molecule has 0 aromatic heterocycles. The Morgan fingerprint density at radius 1 is 1.43 bits per heavy atom. The molecule has 0 radical (unpaired) electrons. The van der Waals surface area contributed by atoms with E-state index >= 15 is 0 Å². The van der Waals surface area contributed by atoms with Crippen LogP contribution in [0.15, 0.2) is 0 Å². The van der Waals surface area contributed by atoms with E-state index in [9.17, 15) is 18.0 Å². The highest BCUT2D eigenvalue weighted by Gasteiger charge is 2.32. The van der Waals surface area contributed by atoms with Crippen LogP contribution in [0.4, 0.5) is 0 Å². The number of rotatable bonds is 8. The normalized spacial score (nSPS) is 20.1. The van der Waals surface area contributed by atoms with Crippen LogP contribution in [-0.4, -0.2) is 69.6 Å². The van der Waals surface area contributed by atoms with E-state index in [2.05, 4.69) is 10.0 Å². The maximum absolute atomic E-state index is 12.0. The van der Waals surface area contributed by atoms with Crippen LogP contribution in [0, 0.1) is 5.92 Å². The van der Waals surface area contributed by atoms with Crippen molar-refractivity contribution in [1.82, 2.24) is 14.3 Å². The van der Waals surface area contributed by atoms with E-state index in [1.165, 1.54) is 7.11 Å². The van der Waals surface area contributed by atoms with Gasteiger partial charge >= 0.3 is 5.97 Å². The van der Waals surface area contributed by atoms with Gasteiger partial charge in [0.2, 0.25) is 5.91 Å². The molecule has 0 bridgehead atoms. The molecule has 1 rings (SSSR count). The summed E-state index contributed by atoms with van der Waals surface area (Å²) in [4.78, 5) is 22.3. The second-order valence-corrected chi connectivity index (χ2v) is 6.46. The zero-order valence-corrected chi connectivity index (χ0v) is 12.7. The third-order valence-corrected chi connectivity index (χ3v) is 4.64. The summed E-state index contributed by atoms with van der Waals surface area (Å²) >= 11 is 0. The second kappa shape index (κ2) is 8.27. The standard InChI is InChI=1S/C11H21N3O6S/c1-20-6-4-12-10(15)7-13-21(18,19)14-5-2-3-9(8-14)11(16)17/h9,13H,2-8H2,1H3,(H,12,15)(H,16,17). The fraction of sp³-hybridized carbons (Fsp3) is 0.818. The molecule has 1 atom stereocenters. The van der Waals surface area contributed by atoms with Crippen molar-refractivity contribution in [2.45, 2.75) is 12.8 Å². The molecule has 1 saturated heterocycles. The molecular weight excluding hydrogens is 302 g/mol. The molecule has 21 heavy (non-hydrogen) atoms. The highest BCUT2D eigenvalue weighted by molar-refractivity contribution is 7.87. The van der Waals surface area contributed by atoms with Crippen molar-refractivity contribution >= 4 is 22.1 Å². The molecule has 1 heterocycles. The van der Waals surface area contributed by atoms with Crippen LogP contribution in [0.3, 0.4) is 0 Å². The number of piperidine rings is 1. The number of methoxy groups -OCH3 is 1. The van der Waals surface area contributed by atoms with Gasteiger partial charge in [-0.05, 0) is 12.8 Å². The van der Waals surface area contributed by atoms with Crippen molar-refractivity contribution < 1.29 is 27.9 Å². The molecule has 1 unspecified atom stereocenters. The molecule has 1 fully saturated rings. The zero-order chi connectivity index (χ0) is 15.9. The van der Waals surface area contributed by atoms with Crippen LogP contribution >= 0.6 is 0 Å². The topological polar surface area (TPSA) is 125 Å². The molecule has 1 aliphatic rings. The van der Waals surface area contributed by atoms with Crippen LogP contribution in [0.2, 0.25) is 0 Å². The van der Waals surface area contributed by atoms with Gasteiger partial charge in [0, 0.05) is 26.7 Å². The van der Waals surface area contributed by atoms with Crippen LogP contribution in [0.1, 0.15) is 12.8 Å². The largest absolute Gasteiger partial charge is 0.481 e. The van der Waals surface area contributed by atoms with Crippen LogP contribution in [0.5, 0.6) is 0 Å². The minimum Gasteiger partial charge on any atom is -0.481 e. The van der Waals surface area contributed by atoms with Crippen LogP contribution in [0.25, 0.3) is 0 Å². The smallest absolute Gasteiger partial charge is 0.307 e. The number of ether oxygens (including phenoxy) is 1. The fourth-order valence-corrected chi connectivity index (χ4v) is 3.21. The van der Waals surface area contributed by atoms with Gasteiger partial charge in [-0.3, -0.25) is 9.59 Å². The van der Waals surface area contributed by atoms with Crippen LogP contribution in [-0.2, 0) is 24.5 Å². The molecular formula is C11H21N3O6S. The molecule has 0 saturated carbocycles. The van der Waals surface area contributed by atoms with Gasteiger partial charge in [-0.2, -0.15) is 17.4 Å². The van der Waals surface area contributed by atoms with Crippen molar-refractivity contribution in [3.63, 3.8) is 0 Å². The van der Waals surface area contributed by atoms with Crippen molar-refractivity contribution in [1.29, 1.82) is 0 Å². The van der Waals surface area contributed by atoms with E-state index in [1.807, 2.05) is 0 Å². The summed E-state index contributed by atoms with van der Waals surface area (Å²) in [6, 6.07) is 0. The maximum Gasteiger partial charge on any atom is 0.307 e. The number of nitrogens with zero attached hydrogens (tertiary/aromatic N) is 1. The van der Waals surface area contributed by atoms with Crippen molar-refractivity contribution in [2.75, 3.05) is 39.9 Å². The Morgan fingerprint density at radius 2 is 2.14 bits per heavy atom. The molecule has 9 nitrogen and oxygen atoms in total. The van der Waals surface area contributed by atoms with E-state index in [4.69, 9.17) is 9.84 Å². The molecule has 0 aromatic rings. The van der Waals surface area contributed by atoms with E-state index in [1.54, 1.807) is 0 Å². The molecule has 0 spiro atoms. The molecule has 0 aromatic carbocycles. The summed E-state index contributed by atoms with van der Waals surface area (Å²) in [6.07, 6.45) is 0.941. The van der Waals surface area contributed by atoms with Gasteiger partial charge in [-0.1, -0.05) is 0 Å². The first-order valence-electron chi connectivity index (χ1n) is 6.60. The Hall–Kier alpha value is -1.23. The van der Waals surface area contributed by atoms with Gasteiger partial charge in [0.1, 0.15) is 0 Å². The monoisotopic (exact) mass is 323 g/mol. The lowest BCUT2D eigenvalue weighted by Gasteiger charge is -2.29. The number of nitrogens with one attached hydrogen (secondary N) is 2. The lowest BCUT2D eigenvalue weighted by Crippen LogP contribution is -2.49. The number of carbonyl (C=O) groups excluding carboxylic acids is 1. The summed E-state index contributed by atoms with van der Waals surface area (Å²) < 4.78 is 32.0. The third kappa shape index (κ3) is 5.96. The molecule has 3 N–H and O–H groups in total. The predicted octanol–water partition coefficient (Wildman–Crippen LogP) is -1.62. The van der Waals surface area contributed by atoms with Gasteiger partial charge in [0.25, 0.3) is 10.2 Å². The summed E-state index contributed by atoms with van der Waals surface area (Å²) in [7, 11) is -2.36. The number of amides is 1. The van der Waals surface area contributed by atoms with Crippen molar-refractivity contribution in [3.8, 4) is 0 Å². The first kappa shape index (κ1) is 17.8. The van der Waals surface area contributed by atoms with Gasteiger partial charge < -0.3 is 15.2 Å². The van der Waals surface area contributed by atoms with E-state index in [0.717, 1.165) is 4.31 Å². The number of aliphatic carboxylic acids is 1. The second-order valence-electron chi connectivity index (χ2n) is 4.70. The zero-order valence-electron chi connectivity index (χ0n) is 11.9. The Bertz CT molecular complexity index is 467. The Balaban J connectivity index is 2.45. The SMILES string of the molecule is COCCNC(=O)CNS(=O)(=O)N1CCCC(C(=O)O)C1. The number of carbonyl (C=O) groups is 2. The Kier molecular flexibility index (Phi) is 7.02. The minimum atomic E-state index is -3.85. The number of hydrogen-bond donors (Lipinski definition) is 3. The molecule has 1 amide bonds. The van der Waals surface area contributed by atoms with Gasteiger partial charge in [0.15, 0.2) is 0 Å². The lowest BCUT2D eigenvalue weighted by molar-refractivity contribution is -0.142. The van der Waals surface area contributed by atoms with Crippen molar-refractivity contribution in [2.24, 2.45) is 5.92 Å². The number of carboxylic acid groups (broad SMARTS) is 1. The maximum atomic E-state index is 12.0. The molecule has 10 heteroatoms. The highest BCUT2D eigenvalue weighted by Crippen LogP contribution is 2.18. The Morgan fingerprint density at radius 3 is 2.76 bits per heavy atom. The molecule has 122 valence electrons. The number of carboxylic acids is 1. The summed E-state index contributed by atoms with van der Waals surface area (Å²) in [5.74, 6) is -2.18. The first-order valence-corrected chi connectivity index (χ1v) is 8.04. The molecule has 0 aliphatic carbocycles. The average molecular weight is 323 g/mol. The van der Waals surface area contributed by atoms with Gasteiger partial charge in [0.05, 0.1) is 19.1 Å². The van der Waals surface area contributed by atoms with Crippen molar-refractivity contribution in [3.05, 3.63) is 0 Å². The van der Waals surface area contributed by atoms with Gasteiger partial charge in [-0.15, -0.1) is 0 Å². The fourth-order valence-electron chi connectivity index (χ4n) is 1.97. The lowest BCUT2D eigenvalue weighted by atomic mass is 10.0. The summed E-state index contributed by atoms with van der Waals surface area (Å²) in [5.41, 5.74) is 0. The average Bonchev–Trinajstić information content (AvgIpc) is 2.45. The number of hydrogen-bond acceptors (Lipinski definition) is 5. The van der Waals surface area contributed by atoms with E-state index in [-0.39, 0.29) is 19.6 Å².